The predicted octanol–water partition coefficient (Wildman–Crippen LogP) is 4.68. The van der Waals surface area contributed by atoms with Gasteiger partial charge in [0.15, 0.2) is 11.5 Å². The van der Waals surface area contributed by atoms with Crippen LogP contribution in [0.4, 0.5) is 0 Å². The first-order chi connectivity index (χ1) is 16.0. The van der Waals surface area contributed by atoms with Crippen molar-refractivity contribution in [3.8, 4) is 23.0 Å². The summed E-state index contributed by atoms with van der Waals surface area (Å²) in [4.78, 5) is 46.5. The molecule has 0 amide bonds. The van der Waals surface area contributed by atoms with Crippen LogP contribution in [0, 0.1) is 13.8 Å². The van der Waals surface area contributed by atoms with E-state index in [4.69, 9.17) is 9.47 Å². The fourth-order valence-corrected chi connectivity index (χ4v) is 3.23. The molecule has 174 valence electrons. The lowest BCUT2D eigenvalue weighted by atomic mass is 10.1. The van der Waals surface area contributed by atoms with Crippen molar-refractivity contribution in [2.45, 2.75) is 13.8 Å². The van der Waals surface area contributed by atoms with E-state index in [9.17, 15) is 39.6 Å². The molecule has 3 aromatic rings. The molecule has 34 heavy (non-hydrogen) atoms. The molecule has 0 aromatic heterocycles. The first-order valence-electron chi connectivity index (χ1n) is 9.68. The third kappa shape index (κ3) is 4.51. The summed E-state index contributed by atoms with van der Waals surface area (Å²) in [6.45, 7) is 3.39. The fourth-order valence-electron chi connectivity index (χ4n) is 3.23. The smallest absolute Gasteiger partial charge is 0.340 e. The van der Waals surface area contributed by atoms with Crippen molar-refractivity contribution in [3.63, 3.8) is 0 Å². The van der Waals surface area contributed by atoms with E-state index in [-0.39, 0.29) is 23.0 Å². The number of carbonyl (C=O) groups is 4. The lowest BCUT2D eigenvalue weighted by Gasteiger charge is -2.18. The second kappa shape index (κ2) is 9.33. The largest absolute Gasteiger partial charge is 0.478 e. The molecule has 0 unspecified atom stereocenters. The lowest BCUT2D eigenvalue weighted by Crippen LogP contribution is -2.11. The van der Waals surface area contributed by atoms with Gasteiger partial charge in [0.25, 0.3) is 0 Å². The van der Waals surface area contributed by atoms with Crippen molar-refractivity contribution in [3.05, 3.63) is 81.9 Å². The molecule has 0 aliphatic rings. The van der Waals surface area contributed by atoms with Crippen molar-refractivity contribution < 1.29 is 49.1 Å². The summed E-state index contributed by atoms with van der Waals surface area (Å²) < 4.78 is 11.6. The van der Waals surface area contributed by atoms with E-state index < -0.39 is 46.1 Å². The van der Waals surface area contributed by atoms with Crippen molar-refractivity contribution in [1.82, 2.24) is 0 Å². The zero-order chi connectivity index (χ0) is 25.2. The molecule has 0 atom stereocenters. The Kier molecular flexibility index (Phi) is 6.53. The first-order valence-corrected chi connectivity index (χ1v) is 9.68. The maximum Gasteiger partial charge on any atom is 0.340 e. The van der Waals surface area contributed by atoms with Crippen LogP contribution in [0.5, 0.6) is 23.0 Å². The second-order valence-corrected chi connectivity index (χ2v) is 7.12. The van der Waals surface area contributed by atoms with Gasteiger partial charge >= 0.3 is 23.9 Å². The Morgan fingerprint density at radius 3 is 1.50 bits per heavy atom. The van der Waals surface area contributed by atoms with E-state index in [1.165, 1.54) is 30.3 Å². The summed E-state index contributed by atoms with van der Waals surface area (Å²) in [5.41, 5.74) is -0.926. The van der Waals surface area contributed by atoms with Crippen molar-refractivity contribution in [2.75, 3.05) is 0 Å². The van der Waals surface area contributed by atoms with Gasteiger partial charge in [-0.1, -0.05) is 18.2 Å². The zero-order valence-corrected chi connectivity index (χ0v) is 17.9. The van der Waals surface area contributed by atoms with E-state index in [0.29, 0.717) is 11.1 Å². The average molecular weight is 466 g/mol. The molecule has 10 nitrogen and oxygen atoms in total. The number of benzene rings is 3. The molecule has 0 saturated carbocycles. The van der Waals surface area contributed by atoms with Gasteiger partial charge in [0.2, 0.25) is 0 Å². The predicted molar refractivity (Wildman–Crippen MR) is 117 cm³/mol. The van der Waals surface area contributed by atoms with Crippen LogP contribution in [0.1, 0.15) is 52.6 Å². The molecule has 3 rings (SSSR count). The highest BCUT2D eigenvalue weighted by atomic mass is 16.5. The Morgan fingerprint density at radius 2 is 1.06 bits per heavy atom. The number of rotatable bonds is 8. The molecule has 0 spiro atoms. The molecule has 0 bridgehead atoms. The number of carboxylic acid groups (broad SMARTS) is 4. The monoisotopic (exact) mass is 466 g/mol. The van der Waals surface area contributed by atoms with Crippen molar-refractivity contribution in [2.24, 2.45) is 0 Å². The van der Waals surface area contributed by atoms with Crippen molar-refractivity contribution in [1.29, 1.82) is 0 Å². The molecular weight excluding hydrogens is 448 g/mol. The minimum absolute atomic E-state index is 0.00195. The molecule has 10 heteroatoms. The normalized spacial score (nSPS) is 10.4. The molecule has 0 fully saturated rings. The minimum atomic E-state index is -1.53. The number of hydrogen-bond donors (Lipinski definition) is 4. The quantitative estimate of drug-likeness (QED) is 0.366. The van der Waals surface area contributed by atoms with Gasteiger partial charge in [-0.2, -0.15) is 0 Å². The summed E-state index contributed by atoms with van der Waals surface area (Å²) in [6, 6.07) is 10.5. The van der Waals surface area contributed by atoms with Gasteiger partial charge in [-0.3, -0.25) is 0 Å². The van der Waals surface area contributed by atoms with Crippen molar-refractivity contribution >= 4 is 23.9 Å². The van der Waals surface area contributed by atoms with Gasteiger partial charge < -0.3 is 29.9 Å². The zero-order valence-electron chi connectivity index (χ0n) is 17.9. The van der Waals surface area contributed by atoms with Gasteiger partial charge in [-0.15, -0.1) is 0 Å². The SMILES string of the molecule is Cc1ccc(Oc2cccc(C(=O)O)c2C(=O)O)c(Oc2cccc(C(=O)O)c2C(=O)O)c1C. The number of aryl methyl sites for hydroxylation is 1. The number of aromatic carboxylic acids is 4. The molecular formula is C24H18O10. The highest BCUT2D eigenvalue weighted by Crippen LogP contribution is 2.41. The summed E-state index contributed by atoms with van der Waals surface area (Å²) >= 11 is 0. The molecule has 0 saturated heterocycles. The average Bonchev–Trinajstić information content (AvgIpc) is 2.77. The summed E-state index contributed by atoms with van der Waals surface area (Å²) in [7, 11) is 0. The Labute approximate surface area is 192 Å². The fraction of sp³-hybridized carbons (Fsp3) is 0.0833. The van der Waals surface area contributed by atoms with Crippen LogP contribution >= 0.6 is 0 Å². The molecule has 0 radical (unpaired) electrons. The Hall–Kier alpha value is -4.86. The Bertz CT molecular complexity index is 1340. The lowest BCUT2D eigenvalue weighted by molar-refractivity contribution is 0.0648. The highest BCUT2D eigenvalue weighted by molar-refractivity contribution is 6.04. The van der Waals surface area contributed by atoms with Crippen LogP contribution in [0.2, 0.25) is 0 Å². The van der Waals surface area contributed by atoms with Crippen LogP contribution in [-0.2, 0) is 0 Å². The van der Waals surface area contributed by atoms with E-state index >= 15 is 0 Å². The highest BCUT2D eigenvalue weighted by Gasteiger charge is 2.25. The Balaban J connectivity index is 2.18. The standard InChI is InChI=1S/C24H18O10/c1-11-9-10-17(33-15-7-3-5-13(21(25)26)18(15)23(29)30)20(12(11)2)34-16-8-4-6-14(22(27)28)19(16)24(31)32/h3-10H,1-2H3,(H,25,26)(H,27,28)(H,29,30)(H,31,32). The Morgan fingerprint density at radius 1 is 0.588 bits per heavy atom. The number of ether oxygens (including phenoxy) is 2. The van der Waals surface area contributed by atoms with Crippen LogP contribution in [0.25, 0.3) is 0 Å². The van der Waals surface area contributed by atoms with Gasteiger partial charge in [0, 0.05) is 0 Å². The molecule has 0 aliphatic heterocycles. The van der Waals surface area contributed by atoms with Crippen LogP contribution in [0.3, 0.4) is 0 Å². The first kappa shape index (κ1) is 23.8. The summed E-state index contributed by atoms with van der Waals surface area (Å²) in [5.74, 6) is -6.56. The minimum Gasteiger partial charge on any atom is -0.478 e. The third-order valence-corrected chi connectivity index (χ3v) is 5.01. The van der Waals surface area contributed by atoms with Crippen LogP contribution < -0.4 is 9.47 Å². The topological polar surface area (TPSA) is 168 Å². The van der Waals surface area contributed by atoms with Gasteiger partial charge in [-0.05, 0) is 55.3 Å². The number of carboxylic acids is 4. The number of hydrogen-bond acceptors (Lipinski definition) is 6. The van der Waals surface area contributed by atoms with Gasteiger partial charge in [0.05, 0.1) is 11.1 Å². The molecule has 0 aliphatic carbocycles. The van der Waals surface area contributed by atoms with Gasteiger partial charge in [-0.25, -0.2) is 19.2 Å². The maximum atomic E-state index is 11.8. The van der Waals surface area contributed by atoms with E-state index in [2.05, 4.69) is 0 Å². The second-order valence-electron chi connectivity index (χ2n) is 7.12. The molecule has 3 aromatic carbocycles. The molecule has 4 N–H and O–H groups in total. The van der Waals surface area contributed by atoms with E-state index in [1.54, 1.807) is 19.9 Å². The summed E-state index contributed by atoms with van der Waals surface area (Å²) in [6.07, 6.45) is 0. The molecule has 0 heterocycles. The van der Waals surface area contributed by atoms with Crippen LogP contribution in [0.15, 0.2) is 48.5 Å². The third-order valence-electron chi connectivity index (χ3n) is 5.01. The van der Waals surface area contributed by atoms with E-state index in [0.717, 1.165) is 12.1 Å². The maximum absolute atomic E-state index is 11.8. The van der Waals surface area contributed by atoms with Crippen LogP contribution in [-0.4, -0.2) is 44.3 Å². The van der Waals surface area contributed by atoms with Gasteiger partial charge in [0.1, 0.15) is 22.6 Å². The van der Waals surface area contributed by atoms with E-state index in [1.807, 2.05) is 0 Å². The summed E-state index contributed by atoms with van der Waals surface area (Å²) in [5, 5.41) is 37.8.